The molecule has 3 heteroatoms. The molecule has 0 saturated carbocycles. The maximum atomic E-state index is 5.79. The van der Waals surface area contributed by atoms with Crippen LogP contribution in [0.4, 0.5) is 11.4 Å². The Morgan fingerprint density at radius 3 is 1.60 bits per heavy atom. The van der Waals surface area contributed by atoms with Crippen molar-refractivity contribution in [2.24, 2.45) is 0 Å². The second-order valence-electron chi connectivity index (χ2n) is 4.78. The summed E-state index contributed by atoms with van der Waals surface area (Å²) in [5.41, 5.74) is 15.6. The van der Waals surface area contributed by atoms with Crippen molar-refractivity contribution >= 4 is 22.7 Å². The van der Waals surface area contributed by atoms with Crippen LogP contribution in [0, 0.1) is 0 Å². The molecule has 0 aliphatic rings. The van der Waals surface area contributed by atoms with Gasteiger partial charge in [0.1, 0.15) is 0 Å². The molecule has 0 amide bonds. The van der Waals surface area contributed by atoms with Gasteiger partial charge in [0.2, 0.25) is 0 Å². The minimum absolute atomic E-state index is 0.233. The maximum Gasteiger partial charge on any atom is 0.0433 e. The van der Waals surface area contributed by atoms with E-state index in [1.165, 1.54) is 16.0 Å². The van der Waals surface area contributed by atoms with Gasteiger partial charge in [-0.25, -0.2) is 0 Å². The predicted molar refractivity (Wildman–Crippen MR) is 87.0 cm³/mol. The second kappa shape index (κ2) is 5.39. The highest BCUT2D eigenvalue weighted by Crippen LogP contribution is 2.35. The fourth-order valence-electron chi connectivity index (χ4n) is 2.35. The molecule has 0 radical (unpaired) electrons. The Kier molecular flexibility index (Phi) is 3.44. The molecule has 0 unspecified atom stereocenters. The first kappa shape index (κ1) is 12.8. The summed E-state index contributed by atoms with van der Waals surface area (Å²) >= 11 is 1.77. The van der Waals surface area contributed by atoms with Crippen LogP contribution in [0.2, 0.25) is 0 Å². The third kappa shape index (κ3) is 2.53. The minimum atomic E-state index is 0.233. The van der Waals surface area contributed by atoms with E-state index in [1.807, 2.05) is 24.3 Å². The quantitative estimate of drug-likeness (QED) is 0.710. The van der Waals surface area contributed by atoms with E-state index in [9.17, 15) is 0 Å². The first-order chi connectivity index (χ1) is 9.74. The average molecular weight is 280 g/mol. The molecule has 1 heterocycles. The monoisotopic (exact) mass is 280 g/mol. The van der Waals surface area contributed by atoms with Crippen molar-refractivity contribution in [2.45, 2.75) is 5.92 Å². The first-order valence-corrected chi connectivity index (χ1v) is 7.36. The van der Waals surface area contributed by atoms with Crippen molar-refractivity contribution in [3.63, 3.8) is 0 Å². The molecule has 4 N–H and O–H groups in total. The van der Waals surface area contributed by atoms with Gasteiger partial charge in [-0.3, -0.25) is 0 Å². The highest BCUT2D eigenvalue weighted by molar-refractivity contribution is 7.10. The van der Waals surface area contributed by atoms with Crippen molar-refractivity contribution in [2.75, 3.05) is 11.5 Å². The Balaban J connectivity index is 2.09. The van der Waals surface area contributed by atoms with Crippen LogP contribution >= 0.6 is 11.3 Å². The van der Waals surface area contributed by atoms with Crippen LogP contribution < -0.4 is 11.5 Å². The number of hydrogen-bond acceptors (Lipinski definition) is 3. The van der Waals surface area contributed by atoms with Gasteiger partial charge in [-0.05, 0) is 46.8 Å². The Morgan fingerprint density at radius 1 is 0.700 bits per heavy atom. The lowest BCUT2D eigenvalue weighted by molar-refractivity contribution is 1.01. The Labute approximate surface area is 122 Å². The zero-order valence-electron chi connectivity index (χ0n) is 11.0. The maximum absolute atomic E-state index is 5.79. The molecule has 0 fully saturated rings. The molecule has 0 saturated heterocycles. The molecule has 3 aromatic rings. The number of nitrogens with two attached hydrogens (primary N) is 2. The molecule has 0 bridgehead atoms. The fraction of sp³-hybridized carbons (Fsp3) is 0.0588. The third-order valence-corrected chi connectivity index (χ3v) is 4.30. The van der Waals surface area contributed by atoms with Crippen LogP contribution in [-0.4, -0.2) is 0 Å². The van der Waals surface area contributed by atoms with E-state index in [2.05, 4.69) is 41.8 Å². The zero-order valence-corrected chi connectivity index (χ0v) is 11.8. The summed E-state index contributed by atoms with van der Waals surface area (Å²) in [4.78, 5) is 1.32. The zero-order chi connectivity index (χ0) is 13.9. The summed E-state index contributed by atoms with van der Waals surface area (Å²) in [5, 5.41) is 2.11. The lowest BCUT2D eigenvalue weighted by Crippen LogP contribution is -2.02. The van der Waals surface area contributed by atoms with E-state index in [0.29, 0.717) is 0 Å². The van der Waals surface area contributed by atoms with Gasteiger partial charge in [0, 0.05) is 22.2 Å². The second-order valence-corrected chi connectivity index (χ2v) is 5.76. The Morgan fingerprint density at radius 2 is 1.20 bits per heavy atom. The number of nitrogen functional groups attached to an aromatic ring is 2. The van der Waals surface area contributed by atoms with Crippen molar-refractivity contribution in [1.29, 1.82) is 0 Å². The van der Waals surface area contributed by atoms with Gasteiger partial charge in [-0.2, -0.15) is 0 Å². The van der Waals surface area contributed by atoms with Crippen molar-refractivity contribution in [3.8, 4) is 0 Å². The highest BCUT2D eigenvalue weighted by atomic mass is 32.1. The van der Waals surface area contributed by atoms with E-state index >= 15 is 0 Å². The fourth-order valence-corrected chi connectivity index (χ4v) is 3.23. The van der Waals surface area contributed by atoms with Gasteiger partial charge >= 0.3 is 0 Å². The van der Waals surface area contributed by atoms with Crippen LogP contribution in [0.5, 0.6) is 0 Å². The molecule has 0 atom stereocenters. The summed E-state index contributed by atoms with van der Waals surface area (Å²) in [6.07, 6.45) is 0. The molecule has 100 valence electrons. The van der Waals surface area contributed by atoms with Crippen LogP contribution in [0.25, 0.3) is 0 Å². The predicted octanol–water partition coefficient (Wildman–Crippen LogP) is 4.09. The van der Waals surface area contributed by atoms with Gasteiger partial charge < -0.3 is 11.5 Å². The van der Waals surface area contributed by atoms with Gasteiger partial charge in [-0.15, -0.1) is 11.3 Å². The number of rotatable bonds is 3. The lowest BCUT2D eigenvalue weighted by atomic mass is 9.90. The SMILES string of the molecule is Nc1ccc(C(c2ccc(N)cc2)c2cccs2)cc1. The smallest absolute Gasteiger partial charge is 0.0433 e. The van der Waals surface area contributed by atoms with E-state index in [4.69, 9.17) is 11.5 Å². The summed E-state index contributed by atoms with van der Waals surface area (Å²) in [7, 11) is 0. The average Bonchev–Trinajstić information content (AvgIpc) is 2.97. The van der Waals surface area contributed by atoms with E-state index < -0.39 is 0 Å². The first-order valence-electron chi connectivity index (χ1n) is 6.48. The summed E-state index contributed by atoms with van der Waals surface area (Å²) < 4.78 is 0. The van der Waals surface area contributed by atoms with Gasteiger partial charge in [0.25, 0.3) is 0 Å². The number of hydrogen-bond donors (Lipinski definition) is 2. The lowest BCUT2D eigenvalue weighted by Gasteiger charge is -2.17. The normalized spacial score (nSPS) is 10.8. The van der Waals surface area contributed by atoms with E-state index in [1.54, 1.807) is 11.3 Å². The highest BCUT2D eigenvalue weighted by Gasteiger charge is 2.17. The molecule has 2 nitrogen and oxygen atoms in total. The molecule has 1 aromatic heterocycles. The summed E-state index contributed by atoms with van der Waals surface area (Å²) in [6, 6.07) is 20.4. The number of benzene rings is 2. The Hall–Kier alpha value is -2.26. The molecular formula is C17H16N2S. The number of anilines is 2. The van der Waals surface area contributed by atoms with Gasteiger partial charge in [0.15, 0.2) is 0 Å². The van der Waals surface area contributed by atoms with Crippen molar-refractivity contribution in [3.05, 3.63) is 82.0 Å². The van der Waals surface area contributed by atoms with Crippen LogP contribution in [0.3, 0.4) is 0 Å². The van der Waals surface area contributed by atoms with Gasteiger partial charge in [0.05, 0.1) is 0 Å². The van der Waals surface area contributed by atoms with Crippen LogP contribution in [-0.2, 0) is 0 Å². The van der Waals surface area contributed by atoms with Crippen molar-refractivity contribution < 1.29 is 0 Å². The van der Waals surface area contributed by atoms with Gasteiger partial charge in [-0.1, -0.05) is 30.3 Å². The van der Waals surface area contributed by atoms with Crippen molar-refractivity contribution in [1.82, 2.24) is 0 Å². The Bertz CT molecular complexity index is 625. The summed E-state index contributed by atoms with van der Waals surface area (Å²) in [6.45, 7) is 0. The molecule has 3 rings (SSSR count). The largest absolute Gasteiger partial charge is 0.399 e. The molecular weight excluding hydrogens is 264 g/mol. The molecule has 0 aliphatic heterocycles. The van der Waals surface area contributed by atoms with E-state index in [-0.39, 0.29) is 5.92 Å². The molecule has 20 heavy (non-hydrogen) atoms. The molecule has 0 aliphatic carbocycles. The third-order valence-electron chi connectivity index (χ3n) is 3.37. The minimum Gasteiger partial charge on any atom is -0.399 e. The standard InChI is InChI=1S/C17H16N2S/c18-14-7-3-12(4-8-14)17(16-2-1-11-20-16)13-5-9-15(19)10-6-13/h1-11,17H,18-19H2. The van der Waals surface area contributed by atoms with Crippen LogP contribution in [0.1, 0.15) is 21.9 Å². The van der Waals surface area contributed by atoms with E-state index in [0.717, 1.165) is 11.4 Å². The number of thiophene rings is 1. The molecule has 0 spiro atoms. The topological polar surface area (TPSA) is 52.0 Å². The summed E-state index contributed by atoms with van der Waals surface area (Å²) in [5.74, 6) is 0.233. The van der Waals surface area contributed by atoms with Crippen LogP contribution in [0.15, 0.2) is 66.0 Å². The molecule has 2 aromatic carbocycles.